The predicted octanol–water partition coefficient (Wildman–Crippen LogP) is 1.95. The first kappa shape index (κ1) is 12.4. The summed E-state index contributed by atoms with van der Waals surface area (Å²) in [6.07, 6.45) is 0.830. The van der Waals surface area contributed by atoms with E-state index in [1.54, 1.807) is 6.07 Å². The second-order valence-electron chi connectivity index (χ2n) is 5.34. The zero-order chi connectivity index (χ0) is 13.5. The van der Waals surface area contributed by atoms with Gasteiger partial charge in [0, 0.05) is 11.6 Å². The molecule has 5 heteroatoms. The topological polar surface area (TPSA) is 92.4 Å². The lowest BCUT2D eigenvalue weighted by Crippen LogP contribution is -2.18. The van der Waals surface area contributed by atoms with Gasteiger partial charge in [0.25, 0.3) is 0 Å². The molecule has 0 bridgehead atoms. The van der Waals surface area contributed by atoms with Crippen LogP contribution in [0, 0.1) is 11.3 Å². The number of rotatable bonds is 3. The lowest BCUT2D eigenvalue weighted by Gasteiger charge is -2.10. The first-order valence-corrected chi connectivity index (χ1v) is 5.75. The molecule has 96 valence electrons. The Kier molecular flexibility index (Phi) is 2.77. The molecule has 5 nitrogen and oxygen atoms in total. The summed E-state index contributed by atoms with van der Waals surface area (Å²) in [6.45, 7) is 4.02. The number of aromatic carboxylic acids is 1. The number of hydrogen-bond acceptors (Lipinski definition) is 3. The van der Waals surface area contributed by atoms with Crippen LogP contribution >= 0.6 is 0 Å². The first-order valence-electron chi connectivity index (χ1n) is 5.75. The normalized spacial score (nSPS) is 20.2. The van der Waals surface area contributed by atoms with Crippen LogP contribution in [0.3, 0.4) is 0 Å². The Balaban J connectivity index is 2.19. The van der Waals surface area contributed by atoms with E-state index < -0.39 is 5.97 Å². The Labute approximate surface area is 105 Å². The average Bonchev–Trinajstić information content (AvgIpc) is 2.90. The van der Waals surface area contributed by atoms with Crippen LogP contribution in [0.4, 0.5) is 11.4 Å². The van der Waals surface area contributed by atoms with Crippen molar-refractivity contribution in [2.75, 3.05) is 11.1 Å². The summed E-state index contributed by atoms with van der Waals surface area (Å²) in [4.78, 5) is 23.0. The minimum absolute atomic E-state index is 0.0152. The Hall–Kier alpha value is -2.04. The molecule has 2 rings (SSSR count). The highest BCUT2D eigenvalue weighted by Crippen LogP contribution is 2.52. The molecule has 1 unspecified atom stereocenters. The fourth-order valence-corrected chi connectivity index (χ4v) is 1.98. The van der Waals surface area contributed by atoms with Gasteiger partial charge < -0.3 is 16.2 Å². The number of carboxylic acids is 1. The molecule has 1 aromatic rings. The van der Waals surface area contributed by atoms with Crippen LogP contribution in [-0.4, -0.2) is 17.0 Å². The monoisotopic (exact) mass is 248 g/mol. The van der Waals surface area contributed by atoms with Crippen LogP contribution in [0.5, 0.6) is 0 Å². The molecule has 1 aliphatic carbocycles. The van der Waals surface area contributed by atoms with Crippen molar-refractivity contribution in [3.63, 3.8) is 0 Å². The quantitative estimate of drug-likeness (QED) is 0.713. The van der Waals surface area contributed by atoms with E-state index in [-0.39, 0.29) is 22.8 Å². The van der Waals surface area contributed by atoms with E-state index in [4.69, 9.17) is 10.8 Å². The second kappa shape index (κ2) is 4.01. The van der Waals surface area contributed by atoms with Crippen molar-refractivity contribution >= 4 is 23.3 Å². The maximum Gasteiger partial charge on any atom is 0.337 e. The van der Waals surface area contributed by atoms with Crippen LogP contribution in [-0.2, 0) is 4.79 Å². The van der Waals surface area contributed by atoms with E-state index >= 15 is 0 Å². The van der Waals surface area contributed by atoms with Crippen LogP contribution in [0.2, 0.25) is 0 Å². The zero-order valence-corrected chi connectivity index (χ0v) is 10.4. The predicted molar refractivity (Wildman–Crippen MR) is 68.3 cm³/mol. The van der Waals surface area contributed by atoms with Gasteiger partial charge in [0.1, 0.15) is 0 Å². The number of carbonyl (C=O) groups excluding carboxylic acids is 1. The Morgan fingerprint density at radius 2 is 2.06 bits per heavy atom. The zero-order valence-electron chi connectivity index (χ0n) is 10.4. The third kappa shape index (κ3) is 2.30. The maximum atomic E-state index is 11.9. The molecule has 0 heterocycles. The number of anilines is 2. The molecule has 0 spiro atoms. The van der Waals surface area contributed by atoms with Gasteiger partial charge in [-0.15, -0.1) is 0 Å². The van der Waals surface area contributed by atoms with Gasteiger partial charge in [-0.3, -0.25) is 4.79 Å². The fraction of sp³-hybridized carbons (Fsp3) is 0.385. The molecular weight excluding hydrogens is 232 g/mol. The number of carbonyl (C=O) groups is 2. The van der Waals surface area contributed by atoms with Crippen molar-refractivity contribution < 1.29 is 14.7 Å². The summed E-state index contributed by atoms with van der Waals surface area (Å²) in [6, 6.07) is 4.43. The summed E-state index contributed by atoms with van der Waals surface area (Å²) in [5.74, 6) is -1.28. The van der Waals surface area contributed by atoms with E-state index in [0.29, 0.717) is 11.4 Å². The molecule has 4 N–H and O–H groups in total. The summed E-state index contributed by atoms with van der Waals surface area (Å²) in [5.41, 5.74) is 6.22. The number of amides is 1. The molecule has 1 aliphatic rings. The minimum Gasteiger partial charge on any atom is -0.478 e. The van der Waals surface area contributed by atoms with E-state index in [1.165, 1.54) is 12.1 Å². The van der Waals surface area contributed by atoms with Crippen molar-refractivity contribution in [1.82, 2.24) is 0 Å². The highest BCUT2D eigenvalue weighted by atomic mass is 16.4. The van der Waals surface area contributed by atoms with E-state index in [9.17, 15) is 9.59 Å². The van der Waals surface area contributed by atoms with Crippen molar-refractivity contribution in [2.24, 2.45) is 11.3 Å². The van der Waals surface area contributed by atoms with Gasteiger partial charge in [-0.2, -0.15) is 0 Å². The number of carboxylic acid groups (broad SMARTS) is 1. The smallest absolute Gasteiger partial charge is 0.337 e. The molecule has 18 heavy (non-hydrogen) atoms. The Morgan fingerprint density at radius 1 is 1.44 bits per heavy atom. The highest BCUT2D eigenvalue weighted by molar-refractivity contribution is 6.02. The standard InChI is InChI=1S/C13H16N2O3/c1-13(2)6-9(13)11(16)15-10-4-3-7(14)5-8(10)12(17)18/h3-5,9H,6,14H2,1-2H3,(H,15,16)(H,17,18). The van der Waals surface area contributed by atoms with E-state index in [2.05, 4.69) is 5.32 Å². The lowest BCUT2D eigenvalue weighted by atomic mass is 10.1. The fourth-order valence-electron chi connectivity index (χ4n) is 1.98. The average molecular weight is 248 g/mol. The second-order valence-corrected chi connectivity index (χ2v) is 5.34. The molecule has 1 atom stereocenters. The van der Waals surface area contributed by atoms with Crippen molar-refractivity contribution in [3.8, 4) is 0 Å². The van der Waals surface area contributed by atoms with Crippen molar-refractivity contribution in [3.05, 3.63) is 23.8 Å². The molecule has 1 saturated carbocycles. The van der Waals surface area contributed by atoms with Gasteiger partial charge in [0.05, 0.1) is 11.3 Å². The Bertz CT molecular complexity index is 523. The van der Waals surface area contributed by atoms with Gasteiger partial charge in [-0.05, 0) is 30.0 Å². The number of benzene rings is 1. The van der Waals surface area contributed by atoms with Gasteiger partial charge in [-0.25, -0.2) is 4.79 Å². The molecule has 0 aromatic heterocycles. The van der Waals surface area contributed by atoms with Crippen molar-refractivity contribution in [2.45, 2.75) is 20.3 Å². The summed E-state index contributed by atoms with van der Waals surface area (Å²) in [7, 11) is 0. The number of nitrogens with two attached hydrogens (primary N) is 1. The third-order valence-corrected chi connectivity index (χ3v) is 3.36. The van der Waals surface area contributed by atoms with E-state index in [0.717, 1.165) is 6.42 Å². The third-order valence-electron chi connectivity index (χ3n) is 3.36. The minimum atomic E-state index is -1.10. The summed E-state index contributed by atoms with van der Waals surface area (Å²) < 4.78 is 0. The van der Waals surface area contributed by atoms with Crippen LogP contribution in [0.15, 0.2) is 18.2 Å². The Morgan fingerprint density at radius 3 is 2.56 bits per heavy atom. The molecule has 1 amide bonds. The van der Waals surface area contributed by atoms with Crippen LogP contribution in [0.1, 0.15) is 30.6 Å². The highest BCUT2D eigenvalue weighted by Gasteiger charge is 2.50. The largest absolute Gasteiger partial charge is 0.478 e. The molecule has 0 saturated heterocycles. The summed E-state index contributed by atoms with van der Waals surface area (Å²) >= 11 is 0. The SMILES string of the molecule is CC1(C)CC1C(=O)Nc1ccc(N)cc1C(=O)O. The summed E-state index contributed by atoms with van der Waals surface area (Å²) in [5, 5.41) is 11.7. The number of nitrogens with one attached hydrogen (secondary N) is 1. The lowest BCUT2D eigenvalue weighted by molar-refractivity contribution is -0.118. The van der Waals surface area contributed by atoms with Crippen LogP contribution in [0.25, 0.3) is 0 Å². The van der Waals surface area contributed by atoms with Gasteiger partial charge >= 0.3 is 5.97 Å². The molecule has 1 aromatic carbocycles. The molecule has 0 radical (unpaired) electrons. The van der Waals surface area contributed by atoms with E-state index in [1.807, 2.05) is 13.8 Å². The maximum absolute atomic E-state index is 11.9. The van der Waals surface area contributed by atoms with Crippen LogP contribution < -0.4 is 11.1 Å². The van der Waals surface area contributed by atoms with Gasteiger partial charge in [0.15, 0.2) is 0 Å². The molecule has 1 fully saturated rings. The molecular formula is C13H16N2O3. The van der Waals surface area contributed by atoms with Gasteiger partial charge in [0.2, 0.25) is 5.91 Å². The van der Waals surface area contributed by atoms with Crippen molar-refractivity contribution in [1.29, 1.82) is 0 Å². The number of nitrogen functional groups attached to an aromatic ring is 1. The van der Waals surface area contributed by atoms with Gasteiger partial charge in [-0.1, -0.05) is 13.8 Å². The first-order chi connectivity index (χ1) is 8.31. The molecule has 0 aliphatic heterocycles. The number of hydrogen-bond donors (Lipinski definition) is 3.